The Labute approximate surface area is 79.5 Å². The van der Waals surface area contributed by atoms with Gasteiger partial charge >= 0.3 is 5.97 Å². The highest BCUT2D eigenvalue weighted by atomic mass is 19.1. The lowest BCUT2D eigenvalue weighted by Gasteiger charge is -1.96. The topological polar surface area (TPSA) is 42.1 Å². The summed E-state index contributed by atoms with van der Waals surface area (Å²) >= 11 is 0. The third-order valence-electron chi connectivity index (χ3n) is 2.07. The number of para-hydroxylation sites is 1. The Bertz CT molecular complexity index is 490. The number of aromatic amines is 1. The van der Waals surface area contributed by atoms with E-state index in [1.165, 1.54) is 19.4 Å². The molecule has 0 spiro atoms. The first-order chi connectivity index (χ1) is 6.74. The van der Waals surface area contributed by atoms with Gasteiger partial charge in [0.05, 0.1) is 18.2 Å². The van der Waals surface area contributed by atoms with E-state index in [-0.39, 0.29) is 5.82 Å². The van der Waals surface area contributed by atoms with Crippen molar-refractivity contribution < 1.29 is 13.9 Å². The number of hydrogen-bond donors (Lipinski definition) is 1. The molecule has 1 aromatic carbocycles. The number of esters is 1. The van der Waals surface area contributed by atoms with Gasteiger partial charge in [-0.05, 0) is 6.07 Å². The van der Waals surface area contributed by atoms with Gasteiger partial charge in [-0.25, -0.2) is 9.18 Å². The van der Waals surface area contributed by atoms with Crippen LogP contribution in [-0.2, 0) is 4.74 Å². The van der Waals surface area contributed by atoms with E-state index in [1.54, 1.807) is 12.1 Å². The van der Waals surface area contributed by atoms with Crippen molar-refractivity contribution in [2.24, 2.45) is 0 Å². The van der Waals surface area contributed by atoms with Crippen molar-refractivity contribution in [2.45, 2.75) is 0 Å². The lowest BCUT2D eigenvalue weighted by atomic mass is 10.2. The number of benzene rings is 1. The zero-order valence-electron chi connectivity index (χ0n) is 7.50. The van der Waals surface area contributed by atoms with Gasteiger partial charge in [-0.2, -0.15) is 0 Å². The molecule has 0 aliphatic heterocycles. The average molecular weight is 193 g/mol. The second-order valence-electron chi connectivity index (χ2n) is 2.86. The fourth-order valence-electron chi connectivity index (χ4n) is 1.40. The molecule has 0 amide bonds. The fraction of sp³-hybridized carbons (Fsp3) is 0.100. The fourth-order valence-corrected chi connectivity index (χ4v) is 1.40. The maximum atomic E-state index is 13.2. The van der Waals surface area contributed by atoms with E-state index in [4.69, 9.17) is 0 Å². The number of hydrogen-bond acceptors (Lipinski definition) is 2. The van der Waals surface area contributed by atoms with Gasteiger partial charge in [0.2, 0.25) is 0 Å². The predicted octanol–water partition coefficient (Wildman–Crippen LogP) is 2.09. The molecule has 4 heteroatoms. The number of fused-ring (bicyclic) bond motifs is 1. The Morgan fingerprint density at radius 1 is 1.50 bits per heavy atom. The molecule has 0 radical (unpaired) electrons. The molecular formula is C10H8FNO2. The number of methoxy groups -OCH3 is 1. The van der Waals surface area contributed by atoms with E-state index >= 15 is 0 Å². The summed E-state index contributed by atoms with van der Waals surface area (Å²) < 4.78 is 17.7. The van der Waals surface area contributed by atoms with E-state index < -0.39 is 5.97 Å². The Balaban J connectivity index is 2.70. The van der Waals surface area contributed by atoms with Gasteiger partial charge < -0.3 is 9.72 Å². The molecule has 2 rings (SSSR count). The first kappa shape index (κ1) is 8.74. The van der Waals surface area contributed by atoms with Crippen molar-refractivity contribution in [3.8, 4) is 0 Å². The molecular weight excluding hydrogens is 185 g/mol. The van der Waals surface area contributed by atoms with Crippen LogP contribution >= 0.6 is 0 Å². The van der Waals surface area contributed by atoms with Crippen LogP contribution in [0.2, 0.25) is 0 Å². The van der Waals surface area contributed by atoms with Crippen LogP contribution in [0.25, 0.3) is 10.9 Å². The molecule has 0 atom stereocenters. The van der Waals surface area contributed by atoms with Crippen LogP contribution in [0.4, 0.5) is 4.39 Å². The Morgan fingerprint density at radius 2 is 2.29 bits per heavy atom. The van der Waals surface area contributed by atoms with Crippen molar-refractivity contribution >= 4 is 16.9 Å². The molecule has 0 fully saturated rings. The van der Waals surface area contributed by atoms with Gasteiger partial charge in [-0.15, -0.1) is 0 Å². The van der Waals surface area contributed by atoms with Gasteiger partial charge in [0.25, 0.3) is 0 Å². The largest absolute Gasteiger partial charge is 0.465 e. The van der Waals surface area contributed by atoms with Crippen molar-refractivity contribution in [1.82, 2.24) is 4.98 Å². The maximum Gasteiger partial charge on any atom is 0.340 e. The van der Waals surface area contributed by atoms with Crippen LogP contribution < -0.4 is 0 Å². The highest BCUT2D eigenvalue weighted by Gasteiger charge is 2.13. The predicted molar refractivity (Wildman–Crippen MR) is 49.6 cm³/mol. The highest BCUT2D eigenvalue weighted by Crippen LogP contribution is 2.20. The number of halogens is 1. The number of carbonyl (C=O) groups excluding carboxylic acids is 1. The monoisotopic (exact) mass is 193 g/mol. The molecule has 1 heterocycles. The molecule has 0 saturated heterocycles. The maximum absolute atomic E-state index is 13.2. The van der Waals surface area contributed by atoms with Crippen molar-refractivity contribution in [2.75, 3.05) is 7.11 Å². The van der Waals surface area contributed by atoms with E-state index in [0.717, 1.165) is 0 Å². The van der Waals surface area contributed by atoms with Crippen LogP contribution in [0.1, 0.15) is 10.4 Å². The summed E-state index contributed by atoms with van der Waals surface area (Å²) in [6.07, 6.45) is 1.44. The van der Waals surface area contributed by atoms with Gasteiger partial charge in [-0.1, -0.05) is 12.1 Å². The normalized spacial score (nSPS) is 10.4. The standard InChI is InChI=1S/C10H8FNO2/c1-14-10(13)7-5-12-9-6(7)3-2-4-8(9)11/h2-5,12H,1H3. The van der Waals surface area contributed by atoms with Gasteiger partial charge in [0.1, 0.15) is 5.82 Å². The number of rotatable bonds is 1. The van der Waals surface area contributed by atoms with Crippen LogP contribution in [0.15, 0.2) is 24.4 Å². The van der Waals surface area contributed by atoms with Gasteiger partial charge in [-0.3, -0.25) is 0 Å². The average Bonchev–Trinajstić information content (AvgIpc) is 2.62. The number of nitrogens with one attached hydrogen (secondary N) is 1. The van der Waals surface area contributed by atoms with Crippen molar-refractivity contribution in [3.63, 3.8) is 0 Å². The summed E-state index contributed by atoms with van der Waals surface area (Å²) in [6.45, 7) is 0. The molecule has 14 heavy (non-hydrogen) atoms. The van der Waals surface area contributed by atoms with Crippen molar-refractivity contribution in [1.29, 1.82) is 0 Å². The summed E-state index contributed by atoms with van der Waals surface area (Å²) in [7, 11) is 1.29. The molecule has 1 aromatic heterocycles. The summed E-state index contributed by atoms with van der Waals surface area (Å²) in [5, 5.41) is 0.539. The quantitative estimate of drug-likeness (QED) is 0.704. The minimum atomic E-state index is -0.471. The molecule has 0 bridgehead atoms. The minimum absolute atomic E-state index is 0.327. The summed E-state index contributed by atoms with van der Waals surface area (Å²) in [4.78, 5) is 13.9. The third-order valence-corrected chi connectivity index (χ3v) is 2.07. The van der Waals surface area contributed by atoms with E-state index in [0.29, 0.717) is 16.5 Å². The van der Waals surface area contributed by atoms with E-state index in [9.17, 15) is 9.18 Å². The SMILES string of the molecule is COC(=O)c1c[nH]c2c(F)cccc12. The minimum Gasteiger partial charge on any atom is -0.465 e. The van der Waals surface area contributed by atoms with E-state index in [2.05, 4.69) is 9.72 Å². The van der Waals surface area contributed by atoms with Crippen molar-refractivity contribution in [3.05, 3.63) is 35.8 Å². The van der Waals surface area contributed by atoms with E-state index in [1.807, 2.05) is 0 Å². The Kier molecular flexibility index (Phi) is 1.96. The molecule has 0 aliphatic rings. The summed E-state index contributed by atoms with van der Waals surface area (Å²) in [5.74, 6) is -0.848. The van der Waals surface area contributed by atoms with Crippen LogP contribution in [0.5, 0.6) is 0 Å². The summed E-state index contributed by atoms with van der Waals surface area (Å²) in [5.41, 5.74) is 0.676. The third kappa shape index (κ3) is 1.16. The number of carbonyl (C=O) groups is 1. The number of aromatic nitrogens is 1. The van der Waals surface area contributed by atoms with Gasteiger partial charge in [0.15, 0.2) is 0 Å². The second kappa shape index (κ2) is 3.14. The van der Waals surface area contributed by atoms with Crippen LogP contribution in [0.3, 0.4) is 0 Å². The molecule has 3 nitrogen and oxygen atoms in total. The summed E-state index contributed by atoms with van der Waals surface area (Å²) in [6, 6.07) is 4.55. The molecule has 2 aromatic rings. The number of H-pyrrole nitrogens is 1. The number of ether oxygens (including phenoxy) is 1. The van der Waals surface area contributed by atoms with Gasteiger partial charge in [0, 0.05) is 11.6 Å². The highest BCUT2D eigenvalue weighted by molar-refractivity contribution is 6.04. The first-order valence-electron chi connectivity index (χ1n) is 4.08. The first-order valence-corrected chi connectivity index (χ1v) is 4.08. The Morgan fingerprint density at radius 3 is 3.00 bits per heavy atom. The molecule has 0 unspecified atom stereocenters. The molecule has 0 saturated carbocycles. The second-order valence-corrected chi connectivity index (χ2v) is 2.86. The lowest BCUT2D eigenvalue weighted by Crippen LogP contribution is -1.99. The lowest BCUT2D eigenvalue weighted by molar-refractivity contribution is 0.0603. The Hall–Kier alpha value is -1.84. The smallest absolute Gasteiger partial charge is 0.340 e. The zero-order valence-corrected chi connectivity index (χ0v) is 7.50. The molecule has 1 N–H and O–H groups in total. The zero-order chi connectivity index (χ0) is 10.1. The van der Waals surface area contributed by atoms with Crippen LogP contribution in [-0.4, -0.2) is 18.1 Å². The molecule has 0 aliphatic carbocycles. The molecule has 72 valence electrons. The van der Waals surface area contributed by atoms with Crippen LogP contribution in [0, 0.1) is 5.82 Å².